The van der Waals surface area contributed by atoms with E-state index in [1.807, 2.05) is 0 Å². The zero-order valence-corrected chi connectivity index (χ0v) is 21.9. The fourth-order valence-corrected chi connectivity index (χ4v) is 3.82. The first-order valence-electron chi connectivity index (χ1n) is 11.9. The molecule has 0 aromatic heterocycles. The van der Waals surface area contributed by atoms with Crippen LogP contribution in [0.25, 0.3) is 0 Å². The van der Waals surface area contributed by atoms with Gasteiger partial charge in [0.15, 0.2) is 12.3 Å². The van der Waals surface area contributed by atoms with Gasteiger partial charge in [-0.2, -0.15) is 0 Å². The maximum Gasteiger partial charge on any atom is 0.428 e. The number of nitrogens with two attached hydrogens (primary N) is 1. The predicted octanol–water partition coefficient (Wildman–Crippen LogP) is 5.93. The summed E-state index contributed by atoms with van der Waals surface area (Å²) >= 11 is 0. The van der Waals surface area contributed by atoms with Crippen molar-refractivity contribution in [2.45, 2.75) is 96.2 Å². The van der Waals surface area contributed by atoms with E-state index in [0.717, 1.165) is 19.1 Å². The number of alkyl halides is 3. The van der Waals surface area contributed by atoms with E-state index in [9.17, 15) is 14.0 Å². The van der Waals surface area contributed by atoms with Gasteiger partial charge in [-0.3, -0.25) is 0 Å². The zero-order chi connectivity index (χ0) is 28.1. The number of anilines is 1. The Balaban J connectivity index is 2.22. The Labute approximate surface area is 213 Å². The van der Waals surface area contributed by atoms with E-state index in [-0.39, 0.29) is 23.4 Å². The Morgan fingerprint density at radius 2 is 1.59 bits per heavy atom. The normalized spacial score (nSPS) is 24.6. The molecule has 12 heteroatoms. The summed E-state index contributed by atoms with van der Waals surface area (Å²) in [5.41, 5.74) is 0.720. The monoisotopic (exact) mass is 531 g/mol. The first-order chi connectivity index (χ1) is 16.8. The average molecular weight is 532 g/mol. The van der Waals surface area contributed by atoms with Crippen molar-refractivity contribution in [1.82, 2.24) is 4.90 Å². The van der Waals surface area contributed by atoms with E-state index in [1.165, 1.54) is 47.6 Å². The molecule has 0 saturated heterocycles. The number of ether oxygens (including phenoxy) is 3. The third-order valence-electron chi connectivity index (χ3n) is 5.74. The highest BCUT2D eigenvalue weighted by molar-refractivity contribution is 6.06. The Morgan fingerprint density at radius 1 is 1.08 bits per heavy atom. The lowest BCUT2D eigenvalue weighted by Gasteiger charge is -2.43. The quantitative estimate of drug-likeness (QED) is 0.383. The number of rotatable bonds is 3. The van der Waals surface area contributed by atoms with Crippen LogP contribution < -0.4 is 5.73 Å². The molecule has 3 atom stereocenters. The molecule has 2 amide bonds. The highest BCUT2D eigenvalue weighted by Crippen LogP contribution is 2.51. The van der Waals surface area contributed by atoms with E-state index >= 15 is 13.2 Å². The highest BCUT2D eigenvalue weighted by Gasteiger charge is 2.63. The molecule has 206 valence electrons. The van der Waals surface area contributed by atoms with Gasteiger partial charge >= 0.3 is 18.2 Å². The number of carbonyl (C=O) groups is 2. The number of nitrogens with zero attached hydrogens (tertiary/aromatic N) is 2. The maximum absolute atomic E-state index is 16.0. The highest BCUT2D eigenvalue weighted by atomic mass is 19.3. The Hall–Kier alpha value is -3.05. The van der Waals surface area contributed by atoms with Crippen LogP contribution in [0.2, 0.25) is 0 Å². The van der Waals surface area contributed by atoms with Crippen molar-refractivity contribution in [3.63, 3.8) is 0 Å². The topological polar surface area (TPSA) is 103 Å². The average Bonchev–Trinajstić information content (AvgIpc) is 3.55. The van der Waals surface area contributed by atoms with Crippen LogP contribution in [-0.2, 0) is 19.7 Å². The molecule has 1 saturated carbocycles. The number of halogens is 4. The summed E-state index contributed by atoms with van der Waals surface area (Å²) in [5, 5.41) is 0. The molecule has 0 spiro atoms. The molecule has 0 unspecified atom stereocenters. The second-order valence-corrected chi connectivity index (χ2v) is 11.5. The van der Waals surface area contributed by atoms with Gasteiger partial charge in [0.2, 0.25) is 0 Å². The van der Waals surface area contributed by atoms with Crippen LogP contribution in [-0.4, -0.2) is 52.5 Å². The molecule has 1 aliphatic heterocycles. The third-order valence-corrected chi connectivity index (χ3v) is 5.74. The van der Waals surface area contributed by atoms with Gasteiger partial charge in [-0.25, -0.2) is 32.1 Å². The van der Waals surface area contributed by atoms with Crippen molar-refractivity contribution in [3.05, 3.63) is 29.6 Å². The lowest BCUT2D eigenvalue weighted by Crippen LogP contribution is -2.60. The van der Waals surface area contributed by atoms with Crippen LogP contribution in [0.5, 0.6) is 0 Å². The Morgan fingerprint density at radius 3 is 2.05 bits per heavy atom. The van der Waals surface area contributed by atoms with Crippen LogP contribution in [0.3, 0.4) is 0 Å². The minimum atomic E-state index is -3.73. The molecular weight excluding hydrogens is 498 g/mol. The van der Waals surface area contributed by atoms with E-state index < -0.39 is 70.4 Å². The largest absolute Gasteiger partial charge is 0.451 e. The van der Waals surface area contributed by atoms with Gasteiger partial charge < -0.3 is 19.9 Å². The van der Waals surface area contributed by atoms with E-state index in [4.69, 9.17) is 19.9 Å². The Kier molecular flexibility index (Phi) is 7.21. The first kappa shape index (κ1) is 28.5. The summed E-state index contributed by atoms with van der Waals surface area (Å²) in [5.74, 6) is -5.90. The summed E-state index contributed by atoms with van der Waals surface area (Å²) in [7, 11) is 0. The smallest absolute Gasteiger partial charge is 0.428 e. The lowest BCUT2D eigenvalue weighted by molar-refractivity contribution is -0.165. The van der Waals surface area contributed by atoms with E-state index in [2.05, 4.69) is 4.99 Å². The predicted molar refractivity (Wildman–Crippen MR) is 127 cm³/mol. The van der Waals surface area contributed by atoms with E-state index in [1.54, 1.807) is 0 Å². The first-order valence-corrected chi connectivity index (χ1v) is 11.9. The summed E-state index contributed by atoms with van der Waals surface area (Å²) in [6.07, 6.45) is -7.56. The molecule has 3 rings (SSSR count). The maximum atomic E-state index is 16.0. The SMILES string of the molecule is CC(C)(C)OC(=O)N(C(=O)OC(C)(C)C)C1=N[C@](C)(c2cc(N)ccc2F)[C@@H](F)[C@@H](C(F)(F)C2CC2)O1. The molecule has 2 N–H and O–H groups in total. The number of hydrogen-bond donors (Lipinski definition) is 1. The second-order valence-electron chi connectivity index (χ2n) is 11.5. The van der Waals surface area contributed by atoms with Gasteiger partial charge in [0, 0.05) is 17.2 Å². The van der Waals surface area contributed by atoms with Crippen LogP contribution in [0, 0.1) is 11.7 Å². The molecule has 1 fully saturated rings. The van der Waals surface area contributed by atoms with Crippen LogP contribution in [0.15, 0.2) is 23.2 Å². The summed E-state index contributed by atoms with van der Waals surface area (Å²) in [4.78, 5) is 30.4. The number of amides is 2. The number of nitrogen functional groups attached to an aromatic ring is 1. The van der Waals surface area contributed by atoms with Crippen molar-refractivity contribution in [3.8, 4) is 0 Å². The fraction of sp³-hybridized carbons (Fsp3) is 0.640. The fourth-order valence-electron chi connectivity index (χ4n) is 3.82. The van der Waals surface area contributed by atoms with Gasteiger partial charge in [0.25, 0.3) is 5.92 Å². The van der Waals surface area contributed by atoms with Gasteiger partial charge in [0.1, 0.15) is 22.6 Å². The molecule has 1 aliphatic carbocycles. The minimum absolute atomic E-state index is 0.0229. The standard InChI is InChI=1S/C25H33F4N3O5/c1-22(2,3)36-20(33)32(21(34)37-23(4,5)6)19-31-24(7,15-12-14(30)10-11-16(15)26)17(27)18(35-19)25(28,29)13-8-9-13/h10-13,17-18H,8-9,30H2,1-7H3/t17-,18-,24+/m0/s1. The van der Waals surface area contributed by atoms with Crippen molar-refractivity contribution in [2.75, 3.05) is 5.73 Å². The third kappa shape index (κ3) is 6.10. The summed E-state index contributed by atoms with van der Waals surface area (Å²) in [6, 6.07) is 2.21. The number of aliphatic imine (C=N–C) groups is 1. The molecule has 1 aromatic rings. The molecule has 1 aromatic carbocycles. The number of imide groups is 1. The minimum Gasteiger partial charge on any atom is -0.451 e. The second kappa shape index (κ2) is 9.36. The number of carbonyl (C=O) groups excluding carboxylic acids is 2. The van der Waals surface area contributed by atoms with Crippen molar-refractivity contribution in [1.29, 1.82) is 0 Å². The van der Waals surface area contributed by atoms with Crippen LogP contribution >= 0.6 is 0 Å². The van der Waals surface area contributed by atoms with Crippen LogP contribution in [0.1, 0.15) is 66.9 Å². The van der Waals surface area contributed by atoms with Gasteiger partial charge in [-0.05, 0) is 79.5 Å². The van der Waals surface area contributed by atoms with Gasteiger partial charge in [-0.1, -0.05) is 0 Å². The van der Waals surface area contributed by atoms with Crippen molar-refractivity contribution >= 4 is 23.9 Å². The number of hydrogen-bond acceptors (Lipinski definition) is 7. The lowest BCUT2D eigenvalue weighted by atomic mass is 9.81. The molecular formula is C25H33F4N3O5. The summed E-state index contributed by atoms with van der Waals surface area (Å²) < 4.78 is 77.5. The number of benzene rings is 1. The summed E-state index contributed by atoms with van der Waals surface area (Å²) in [6.45, 7) is 10.1. The molecule has 0 radical (unpaired) electrons. The molecule has 37 heavy (non-hydrogen) atoms. The van der Waals surface area contributed by atoms with Crippen molar-refractivity contribution in [2.24, 2.45) is 10.9 Å². The molecule has 0 bridgehead atoms. The van der Waals surface area contributed by atoms with Crippen LogP contribution in [0.4, 0.5) is 32.8 Å². The molecule has 1 heterocycles. The zero-order valence-electron chi connectivity index (χ0n) is 21.9. The molecule has 8 nitrogen and oxygen atoms in total. The van der Waals surface area contributed by atoms with Gasteiger partial charge in [0.05, 0.1) is 0 Å². The number of amidine groups is 1. The van der Waals surface area contributed by atoms with Gasteiger partial charge in [-0.15, -0.1) is 4.90 Å². The van der Waals surface area contributed by atoms with E-state index in [0.29, 0.717) is 0 Å². The molecule has 2 aliphatic rings. The van der Waals surface area contributed by atoms with Crippen molar-refractivity contribution < 1.29 is 41.4 Å². The Bertz CT molecular complexity index is 1070.